The number of thiophene rings is 1. The van der Waals surface area contributed by atoms with Gasteiger partial charge in [-0.15, -0.1) is 11.3 Å². The predicted octanol–water partition coefficient (Wildman–Crippen LogP) is 7.35. The summed E-state index contributed by atoms with van der Waals surface area (Å²) in [5.41, 5.74) is 2.59. The number of alkyl halides is 3. The van der Waals surface area contributed by atoms with Crippen molar-refractivity contribution >= 4 is 29.1 Å². The van der Waals surface area contributed by atoms with E-state index in [0.29, 0.717) is 23.6 Å². The van der Waals surface area contributed by atoms with Gasteiger partial charge in [0.15, 0.2) is 18.0 Å². The summed E-state index contributed by atoms with van der Waals surface area (Å²) in [6.45, 7) is 8.74. The highest BCUT2D eigenvalue weighted by atomic mass is 32.1. The van der Waals surface area contributed by atoms with E-state index in [0.717, 1.165) is 34.6 Å². The van der Waals surface area contributed by atoms with Gasteiger partial charge in [-0.1, -0.05) is 89.8 Å². The molecule has 53 heavy (non-hydrogen) atoms. The largest absolute Gasteiger partial charge is 0.494 e. The van der Waals surface area contributed by atoms with E-state index in [1.54, 1.807) is 54.1 Å². The molecule has 4 rings (SSSR count). The van der Waals surface area contributed by atoms with E-state index in [9.17, 15) is 37.8 Å². The first kappa shape index (κ1) is 40.9. The second kappa shape index (κ2) is 18.3. The number of rotatable bonds is 17. The van der Waals surface area contributed by atoms with Crippen LogP contribution in [0.5, 0.6) is 5.75 Å². The first-order valence-electron chi connectivity index (χ1n) is 17.4. The molecular weight excluding hydrogens is 710 g/mol. The number of aliphatic hydroxyl groups is 1. The standard InChI is InChI=1S/C39H45F3N4O6S/c1-5-6-7-8-9-20-52-28-16-14-25(15-17-28)27-22-43-34(44-23-27)26-12-10-24(11-13-26)21-29(35(48)46-32(37(50)51)33(47)39(40,41)42)45-36(49)30-18-19-31(53-30)38(2,3)4/h10-19,22-23,29,32-33,47H,5-9,20-21H2,1-4H3,(H,45,49)(H,46,48)(H,50,51)/t29-,32?,33?/m0/s1. The fourth-order valence-corrected chi connectivity index (χ4v) is 6.28. The van der Waals surface area contributed by atoms with Crippen LogP contribution < -0.4 is 15.4 Å². The topological polar surface area (TPSA) is 151 Å². The van der Waals surface area contributed by atoms with Gasteiger partial charge >= 0.3 is 12.1 Å². The first-order valence-corrected chi connectivity index (χ1v) is 18.2. The molecule has 0 aliphatic rings. The van der Waals surface area contributed by atoms with Crippen LogP contribution in [0.15, 0.2) is 73.1 Å². The molecule has 0 saturated carbocycles. The van der Waals surface area contributed by atoms with Crippen LogP contribution in [-0.4, -0.2) is 68.9 Å². The molecule has 2 aromatic heterocycles. The van der Waals surface area contributed by atoms with E-state index in [1.807, 2.05) is 45.0 Å². The number of benzene rings is 2. The number of carbonyl (C=O) groups is 3. The Morgan fingerprint density at radius 1 is 0.830 bits per heavy atom. The zero-order chi connectivity index (χ0) is 38.8. The Balaban J connectivity index is 1.46. The maximum Gasteiger partial charge on any atom is 0.416 e. The molecule has 2 unspecified atom stereocenters. The molecule has 284 valence electrons. The molecule has 3 atom stereocenters. The van der Waals surface area contributed by atoms with Crippen LogP contribution in [0.25, 0.3) is 22.5 Å². The lowest BCUT2D eigenvalue weighted by atomic mass is 9.95. The van der Waals surface area contributed by atoms with Gasteiger partial charge in [0.1, 0.15) is 11.8 Å². The number of aliphatic carboxylic acids is 1. The number of carboxylic acids is 1. The van der Waals surface area contributed by atoms with Crippen molar-refractivity contribution in [3.8, 4) is 28.3 Å². The Labute approximate surface area is 310 Å². The van der Waals surface area contributed by atoms with E-state index in [-0.39, 0.29) is 16.7 Å². The van der Waals surface area contributed by atoms with E-state index < -0.39 is 42.1 Å². The van der Waals surface area contributed by atoms with Crippen molar-refractivity contribution in [1.82, 2.24) is 20.6 Å². The molecule has 0 saturated heterocycles. The van der Waals surface area contributed by atoms with Gasteiger partial charge in [0, 0.05) is 34.8 Å². The van der Waals surface area contributed by atoms with Crippen LogP contribution in [0.3, 0.4) is 0 Å². The second-order valence-electron chi connectivity index (χ2n) is 13.7. The molecule has 4 aromatic rings. The minimum Gasteiger partial charge on any atom is -0.494 e. The van der Waals surface area contributed by atoms with Crippen molar-refractivity contribution in [1.29, 1.82) is 0 Å². The zero-order valence-electron chi connectivity index (χ0n) is 30.1. The molecule has 2 heterocycles. The van der Waals surface area contributed by atoms with E-state index in [4.69, 9.17) is 4.74 Å². The van der Waals surface area contributed by atoms with Crippen LogP contribution in [-0.2, 0) is 21.4 Å². The summed E-state index contributed by atoms with van der Waals surface area (Å²) in [7, 11) is 0. The molecule has 14 heteroatoms. The molecule has 0 spiro atoms. The minimum absolute atomic E-state index is 0.206. The number of aliphatic hydroxyl groups excluding tert-OH is 1. The minimum atomic E-state index is -5.32. The lowest BCUT2D eigenvalue weighted by Gasteiger charge is -2.25. The van der Waals surface area contributed by atoms with E-state index in [1.165, 1.54) is 30.6 Å². The molecular formula is C39H45F3N4O6S. The highest BCUT2D eigenvalue weighted by Gasteiger charge is 2.48. The van der Waals surface area contributed by atoms with Crippen LogP contribution in [0.4, 0.5) is 13.2 Å². The monoisotopic (exact) mass is 754 g/mol. The smallest absolute Gasteiger partial charge is 0.416 e. The van der Waals surface area contributed by atoms with Gasteiger partial charge in [-0.3, -0.25) is 9.59 Å². The van der Waals surface area contributed by atoms with Crippen molar-refractivity contribution in [3.05, 3.63) is 88.4 Å². The number of unbranched alkanes of at least 4 members (excludes halogenated alkanes) is 4. The number of nitrogens with zero attached hydrogens (tertiary/aromatic N) is 2. The number of ether oxygens (including phenoxy) is 1. The van der Waals surface area contributed by atoms with Crippen molar-refractivity contribution in [2.24, 2.45) is 0 Å². The third kappa shape index (κ3) is 11.8. The third-order valence-corrected chi connectivity index (χ3v) is 9.92. The molecule has 0 aliphatic heterocycles. The van der Waals surface area contributed by atoms with Gasteiger partial charge in [-0.2, -0.15) is 13.2 Å². The van der Waals surface area contributed by atoms with Crippen molar-refractivity contribution in [2.75, 3.05) is 6.61 Å². The molecule has 10 nitrogen and oxygen atoms in total. The summed E-state index contributed by atoms with van der Waals surface area (Å²) in [6, 6.07) is 13.5. The maximum absolute atomic E-state index is 13.3. The summed E-state index contributed by atoms with van der Waals surface area (Å²) in [5, 5.41) is 23.3. The molecule has 0 aliphatic carbocycles. The highest BCUT2D eigenvalue weighted by molar-refractivity contribution is 7.14. The molecule has 4 N–H and O–H groups in total. The summed E-state index contributed by atoms with van der Waals surface area (Å²) in [4.78, 5) is 48.3. The molecule has 2 amide bonds. The average molecular weight is 755 g/mol. The summed E-state index contributed by atoms with van der Waals surface area (Å²) in [6.07, 6.45) is 0.308. The number of hydrogen-bond donors (Lipinski definition) is 4. The third-order valence-electron chi connectivity index (χ3n) is 8.41. The van der Waals surface area contributed by atoms with Crippen LogP contribution in [0.2, 0.25) is 0 Å². The SMILES string of the molecule is CCCCCCCOc1ccc(-c2cnc(-c3ccc(C[C@H](NC(=O)c4ccc(C(C)(C)C)s4)C(=O)NC(C(=O)O)C(O)C(F)(F)F)cc3)nc2)cc1. The van der Waals surface area contributed by atoms with Crippen LogP contribution >= 0.6 is 11.3 Å². The fraction of sp³-hybridized carbons (Fsp3) is 0.410. The Bertz CT molecular complexity index is 1810. The van der Waals surface area contributed by atoms with Gasteiger partial charge in [-0.05, 0) is 47.2 Å². The quantitative estimate of drug-likeness (QED) is 0.0818. The summed E-state index contributed by atoms with van der Waals surface area (Å²) < 4.78 is 45.5. The average Bonchev–Trinajstić information content (AvgIpc) is 3.64. The van der Waals surface area contributed by atoms with Gasteiger partial charge in [0.25, 0.3) is 5.91 Å². The number of carbonyl (C=O) groups excluding carboxylic acids is 2. The number of nitrogens with one attached hydrogen (secondary N) is 2. The van der Waals surface area contributed by atoms with Crippen molar-refractivity contribution < 1.29 is 42.5 Å². The normalized spacial score (nSPS) is 13.5. The van der Waals surface area contributed by atoms with Crippen molar-refractivity contribution in [2.45, 2.75) is 96.0 Å². The number of halogens is 3. The lowest BCUT2D eigenvalue weighted by molar-refractivity contribution is -0.215. The molecule has 0 bridgehead atoms. The Morgan fingerprint density at radius 3 is 2.02 bits per heavy atom. The number of hydrogen-bond acceptors (Lipinski definition) is 8. The van der Waals surface area contributed by atoms with Crippen molar-refractivity contribution in [3.63, 3.8) is 0 Å². The van der Waals surface area contributed by atoms with Crippen LogP contribution in [0, 0.1) is 0 Å². The highest BCUT2D eigenvalue weighted by Crippen LogP contribution is 2.30. The zero-order valence-corrected chi connectivity index (χ0v) is 30.9. The van der Waals surface area contributed by atoms with Gasteiger partial charge < -0.3 is 25.6 Å². The van der Waals surface area contributed by atoms with Crippen LogP contribution in [0.1, 0.15) is 79.9 Å². The molecule has 0 radical (unpaired) electrons. The Morgan fingerprint density at radius 2 is 1.45 bits per heavy atom. The van der Waals surface area contributed by atoms with E-state index >= 15 is 0 Å². The number of aromatic nitrogens is 2. The second-order valence-corrected chi connectivity index (χ2v) is 14.8. The van der Waals surface area contributed by atoms with Gasteiger partial charge in [0.05, 0.1) is 11.5 Å². The summed E-state index contributed by atoms with van der Waals surface area (Å²) in [5.74, 6) is -2.76. The fourth-order valence-electron chi connectivity index (χ4n) is 5.31. The lowest BCUT2D eigenvalue weighted by Crippen LogP contribution is -2.58. The Kier molecular flexibility index (Phi) is 14.1. The molecule has 0 fully saturated rings. The molecule has 2 aromatic carbocycles. The van der Waals surface area contributed by atoms with E-state index in [2.05, 4.69) is 22.2 Å². The van der Waals surface area contributed by atoms with Gasteiger partial charge in [0.2, 0.25) is 5.91 Å². The predicted molar refractivity (Wildman–Crippen MR) is 197 cm³/mol. The number of amides is 2. The van der Waals surface area contributed by atoms with Gasteiger partial charge in [-0.25, -0.2) is 14.8 Å². The maximum atomic E-state index is 13.3. The Hall–Kier alpha value is -4.82. The first-order chi connectivity index (χ1) is 25.1. The summed E-state index contributed by atoms with van der Waals surface area (Å²) >= 11 is 1.19. The number of carboxylic acid groups (broad SMARTS) is 1.